The number of hydrogen-bond donors (Lipinski definition) is 0. The predicted molar refractivity (Wildman–Crippen MR) is 69.4 cm³/mol. The summed E-state index contributed by atoms with van der Waals surface area (Å²) in [5.74, 6) is -18.1. The molecule has 0 aromatic rings. The number of ether oxygens (including phenoxy) is 2. The van der Waals surface area contributed by atoms with Crippen molar-refractivity contribution in [3.63, 3.8) is 0 Å². The van der Waals surface area contributed by atoms with E-state index < -0.39 is 61.2 Å². The van der Waals surface area contributed by atoms with Crippen LogP contribution in [0.2, 0.25) is 0 Å². The molecule has 0 unspecified atom stereocenters. The van der Waals surface area contributed by atoms with Gasteiger partial charge in [0, 0.05) is 0 Å². The van der Waals surface area contributed by atoms with E-state index in [9.17, 15) is 53.5 Å². The van der Waals surface area contributed by atoms with Crippen molar-refractivity contribution >= 4 is 11.9 Å². The molecular formula is C14H14F10O4. The topological polar surface area (TPSA) is 52.6 Å². The summed E-state index contributed by atoms with van der Waals surface area (Å²) in [5.41, 5.74) is 0. The van der Waals surface area contributed by atoms with Gasteiger partial charge in [0.25, 0.3) is 0 Å². The normalized spacial score (nSPS) is 21.9. The van der Waals surface area contributed by atoms with Crippen molar-refractivity contribution in [3.05, 3.63) is 0 Å². The third-order valence-electron chi connectivity index (χ3n) is 4.09. The lowest BCUT2D eigenvalue weighted by atomic mass is 9.83. The maximum atomic E-state index is 12.7. The largest absolute Gasteiger partial charge is 0.465 e. The minimum absolute atomic E-state index is 0.0861. The van der Waals surface area contributed by atoms with E-state index in [4.69, 9.17) is 0 Å². The van der Waals surface area contributed by atoms with Gasteiger partial charge in [-0.1, -0.05) is 0 Å². The van der Waals surface area contributed by atoms with E-state index in [-0.39, 0.29) is 25.7 Å². The summed E-state index contributed by atoms with van der Waals surface area (Å²) in [6, 6.07) is 0. The zero-order chi connectivity index (χ0) is 22.0. The maximum Gasteiger partial charge on any atom is 0.465 e. The van der Waals surface area contributed by atoms with Crippen molar-refractivity contribution in [1.29, 1.82) is 0 Å². The van der Waals surface area contributed by atoms with Crippen molar-refractivity contribution in [2.45, 2.75) is 49.9 Å². The van der Waals surface area contributed by atoms with Gasteiger partial charge in [-0.2, -0.15) is 43.9 Å². The standard InChI is InChI=1S/C14H14F10O4/c15-11(16,13(19,20)21)9(25)27-5-7-1-2-8(4-3-7)6-28-10(26)12(17,18)14(22,23)24/h7-8H,1-6H2. The Morgan fingerprint density at radius 2 is 0.857 bits per heavy atom. The van der Waals surface area contributed by atoms with Crippen LogP contribution in [-0.4, -0.2) is 49.4 Å². The van der Waals surface area contributed by atoms with E-state index in [1.807, 2.05) is 0 Å². The molecule has 0 radical (unpaired) electrons. The molecule has 28 heavy (non-hydrogen) atoms. The Hall–Kier alpha value is -1.76. The molecule has 1 saturated carbocycles. The number of carbonyl (C=O) groups excluding carboxylic acids is 2. The van der Waals surface area contributed by atoms with Crippen LogP contribution in [0.3, 0.4) is 0 Å². The van der Waals surface area contributed by atoms with Gasteiger partial charge in [0.2, 0.25) is 0 Å². The molecule has 0 aliphatic heterocycles. The molecule has 0 atom stereocenters. The monoisotopic (exact) mass is 436 g/mol. The minimum Gasteiger partial charge on any atom is -0.461 e. The highest BCUT2D eigenvalue weighted by atomic mass is 19.4. The lowest BCUT2D eigenvalue weighted by Crippen LogP contribution is -2.46. The second-order valence-electron chi connectivity index (χ2n) is 6.23. The Labute approximate surface area is 151 Å². The molecule has 0 heterocycles. The van der Waals surface area contributed by atoms with Crippen LogP contribution < -0.4 is 0 Å². The van der Waals surface area contributed by atoms with Gasteiger partial charge in [-0.05, 0) is 37.5 Å². The summed E-state index contributed by atoms with van der Waals surface area (Å²) >= 11 is 0. The van der Waals surface area contributed by atoms with Gasteiger partial charge in [0.1, 0.15) is 0 Å². The van der Waals surface area contributed by atoms with Gasteiger partial charge in [0.05, 0.1) is 13.2 Å². The van der Waals surface area contributed by atoms with Crippen LogP contribution >= 0.6 is 0 Å². The lowest BCUT2D eigenvalue weighted by Gasteiger charge is -2.29. The van der Waals surface area contributed by atoms with E-state index in [2.05, 4.69) is 9.47 Å². The SMILES string of the molecule is O=C(OCC1CCC(COC(=O)C(F)(F)C(F)(F)F)CC1)C(F)(F)C(F)(F)F. The summed E-state index contributed by atoms with van der Waals surface area (Å²) in [7, 11) is 0. The van der Waals surface area contributed by atoms with E-state index in [0.717, 1.165) is 0 Å². The molecule has 1 rings (SSSR count). The van der Waals surface area contributed by atoms with Crippen molar-refractivity contribution in [2.75, 3.05) is 13.2 Å². The average molecular weight is 436 g/mol. The van der Waals surface area contributed by atoms with Crippen molar-refractivity contribution in [3.8, 4) is 0 Å². The molecule has 0 saturated heterocycles. The smallest absolute Gasteiger partial charge is 0.461 e. The molecule has 14 heteroatoms. The number of esters is 2. The van der Waals surface area contributed by atoms with Gasteiger partial charge >= 0.3 is 36.1 Å². The van der Waals surface area contributed by atoms with Gasteiger partial charge in [-0.25, -0.2) is 9.59 Å². The fourth-order valence-corrected chi connectivity index (χ4v) is 2.36. The lowest BCUT2D eigenvalue weighted by molar-refractivity contribution is -0.281. The third kappa shape index (κ3) is 5.63. The summed E-state index contributed by atoms with van der Waals surface area (Å²) < 4.78 is 131. The van der Waals surface area contributed by atoms with Crippen molar-refractivity contribution in [1.82, 2.24) is 0 Å². The molecular weight excluding hydrogens is 422 g/mol. The summed E-state index contributed by atoms with van der Waals surface area (Å²) in [4.78, 5) is 21.7. The highest BCUT2D eigenvalue weighted by molar-refractivity contribution is 5.79. The second kappa shape index (κ2) is 8.31. The van der Waals surface area contributed by atoms with E-state index in [1.165, 1.54) is 0 Å². The Morgan fingerprint density at radius 3 is 1.07 bits per heavy atom. The molecule has 0 bridgehead atoms. The zero-order valence-electron chi connectivity index (χ0n) is 13.8. The van der Waals surface area contributed by atoms with Gasteiger partial charge in [0.15, 0.2) is 0 Å². The Bertz CT molecular complexity index is 511. The molecule has 0 spiro atoms. The van der Waals surface area contributed by atoms with Crippen LogP contribution in [0.15, 0.2) is 0 Å². The fraction of sp³-hybridized carbons (Fsp3) is 0.857. The van der Waals surface area contributed by atoms with Crippen molar-refractivity contribution in [2.24, 2.45) is 11.8 Å². The number of alkyl halides is 10. The van der Waals surface area contributed by atoms with Crippen LogP contribution in [0.4, 0.5) is 43.9 Å². The second-order valence-corrected chi connectivity index (χ2v) is 6.23. The Kier molecular flexibility index (Phi) is 7.21. The molecule has 1 fully saturated rings. The van der Waals surface area contributed by atoms with E-state index >= 15 is 0 Å². The Morgan fingerprint density at radius 1 is 0.607 bits per heavy atom. The minimum atomic E-state index is -6.11. The molecule has 0 amide bonds. The van der Waals surface area contributed by atoms with Crippen LogP contribution in [0.25, 0.3) is 0 Å². The predicted octanol–water partition coefficient (Wildman–Crippen LogP) is 4.27. The molecule has 164 valence electrons. The highest BCUT2D eigenvalue weighted by Gasteiger charge is 2.65. The molecule has 0 N–H and O–H groups in total. The third-order valence-corrected chi connectivity index (χ3v) is 4.09. The van der Waals surface area contributed by atoms with Crippen LogP contribution in [0, 0.1) is 11.8 Å². The van der Waals surface area contributed by atoms with Gasteiger partial charge in [-0.3, -0.25) is 0 Å². The Balaban J connectivity index is 2.40. The molecule has 1 aliphatic rings. The number of hydrogen-bond acceptors (Lipinski definition) is 4. The zero-order valence-corrected chi connectivity index (χ0v) is 13.8. The van der Waals surface area contributed by atoms with Crippen LogP contribution in [-0.2, 0) is 19.1 Å². The molecule has 0 aromatic heterocycles. The molecule has 1 aliphatic carbocycles. The van der Waals surface area contributed by atoms with Gasteiger partial charge < -0.3 is 9.47 Å². The number of carbonyl (C=O) groups is 2. The van der Waals surface area contributed by atoms with Crippen molar-refractivity contribution < 1.29 is 63.0 Å². The fourth-order valence-electron chi connectivity index (χ4n) is 2.36. The van der Waals surface area contributed by atoms with Gasteiger partial charge in [-0.15, -0.1) is 0 Å². The summed E-state index contributed by atoms with van der Waals surface area (Å²) in [5, 5.41) is 0. The highest BCUT2D eigenvalue weighted by Crippen LogP contribution is 2.38. The van der Waals surface area contributed by atoms with Crippen LogP contribution in [0.5, 0.6) is 0 Å². The summed E-state index contributed by atoms with van der Waals surface area (Å²) in [6.45, 7) is -1.49. The van der Waals surface area contributed by atoms with E-state index in [0.29, 0.717) is 0 Å². The first-order chi connectivity index (χ1) is 12.5. The number of halogens is 10. The van der Waals surface area contributed by atoms with E-state index in [1.54, 1.807) is 0 Å². The first kappa shape index (κ1) is 24.3. The maximum absolute atomic E-state index is 12.7. The molecule has 4 nitrogen and oxygen atoms in total. The number of rotatable bonds is 6. The first-order valence-corrected chi connectivity index (χ1v) is 7.73. The average Bonchev–Trinajstić information content (AvgIpc) is 2.56. The van der Waals surface area contributed by atoms with Crippen LogP contribution in [0.1, 0.15) is 25.7 Å². The summed E-state index contributed by atoms with van der Waals surface area (Å²) in [6.07, 6.45) is -11.9. The quantitative estimate of drug-likeness (QED) is 0.461. The molecule has 0 aromatic carbocycles. The first-order valence-electron chi connectivity index (χ1n) is 7.73.